The van der Waals surface area contributed by atoms with Crippen LogP contribution in [0.5, 0.6) is 17.2 Å². The molecular weight excluding hydrogens is 538 g/mol. The quantitative estimate of drug-likeness (QED) is 0.245. The number of ether oxygens (including phenoxy) is 2. The lowest BCUT2D eigenvalue weighted by atomic mass is 10.1. The van der Waals surface area contributed by atoms with Crippen molar-refractivity contribution in [3.05, 3.63) is 75.0 Å². The van der Waals surface area contributed by atoms with E-state index in [0.29, 0.717) is 28.3 Å². The molecule has 0 aliphatic heterocycles. The van der Waals surface area contributed by atoms with Crippen LogP contribution in [-0.4, -0.2) is 30.0 Å². The van der Waals surface area contributed by atoms with Crippen LogP contribution >= 0.6 is 23.2 Å². The Kier molecular flexibility index (Phi) is 9.55. The number of benzene rings is 3. The summed E-state index contributed by atoms with van der Waals surface area (Å²) in [6.45, 7) is 3.55. The van der Waals surface area contributed by atoms with E-state index in [4.69, 9.17) is 37.8 Å². The monoisotopic (exact) mass is 562 g/mol. The topological polar surface area (TPSA) is 114 Å². The van der Waals surface area contributed by atoms with E-state index in [9.17, 15) is 18.8 Å². The molecule has 0 fully saturated rings. The molecule has 38 heavy (non-hydrogen) atoms. The fourth-order valence-corrected chi connectivity index (χ4v) is 4.22. The molecule has 0 radical (unpaired) electrons. The third kappa shape index (κ3) is 7.60. The number of hydrogen-bond acceptors (Lipinski definition) is 5. The summed E-state index contributed by atoms with van der Waals surface area (Å²) in [4.78, 5) is 35.3. The second-order valence-electron chi connectivity index (χ2n) is 8.44. The van der Waals surface area contributed by atoms with Gasteiger partial charge in [0.2, 0.25) is 5.91 Å². The smallest absolute Gasteiger partial charge is 0.303 e. The van der Waals surface area contributed by atoms with E-state index in [1.165, 1.54) is 31.4 Å². The van der Waals surface area contributed by atoms with Crippen molar-refractivity contribution in [3.8, 4) is 17.2 Å². The van der Waals surface area contributed by atoms with E-state index in [1.807, 2.05) is 0 Å². The molecule has 3 aromatic rings. The molecule has 200 valence electrons. The number of carboxylic acids is 1. The van der Waals surface area contributed by atoms with E-state index in [2.05, 4.69) is 10.6 Å². The second kappa shape index (κ2) is 12.6. The predicted molar refractivity (Wildman–Crippen MR) is 143 cm³/mol. The SMILES string of the molecule is COc1cc(F)cc(C(=O)Nc2cc(C)c(Oc3c(Cl)cc(NC(=O)CCCC(=O)O)cc3Cl)c(C)c2)c1. The summed E-state index contributed by atoms with van der Waals surface area (Å²) in [5.74, 6) is -1.59. The van der Waals surface area contributed by atoms with Crippen molar-refractivity contribution < 1.29 is 33.4 Å². The van der Waals surface area contributed by atoms with Gasteiger partial charge in [-0.3, -0.25) is 14.4 Å². The summed E-state index contributed by atoms with van der Waals surface area (Å²) in [6.07, 6.45) is 0.130. The molecule has 0 unspecified atom stereocenters. The Hall–Kier alpha value is -3.82. The van der Waals surface area contributed by atoms with Crippen LogP contribution in [0, 0.1) is 19.7 Å². The van der Waals surface area contributed by atoms with E-state index in [1.54, 1.807) is 26.0 Å². The van der Waals surface area contributed by atoms with E-state index in [0.717, 1.165) is 6.07 Å². The molecule has 0 saturated heterocycles. The largest absolute Gasteiger partial charge is 0.497 e. The lowest BCUT2D eigenvalue weighted by Crippen LogP contribution is -2.13. The first kappa shape index (κ1) is 28.7. The van der Waals surface area contributed by atoms with Gasteiger partial charge in [0.05, 0.1) is 17.2 Å². The number of hydrogen-bond donors (Lipinski definition) is 3. The summed E-state index contributed by atoms with van der Waals surface area (Å²) in [6, 6.07) is 10.0. The Morgan fingerprint density at radius 3 is 2.05 bits per heavy atom. The maximum Gasteiger partial charge on any atom is 0.303 e. The highest BCUT2D eigenvalue weighted by molar-refractivity contribution is 6.37. The zero-order chi connectivity index (χ0) is 28.0. The molecule has 0 aromatic heterocycles. The fraction of sp³-hybridized carbons (Fsp3) is 0.222. The zero-order valence-electron chi connectivity index (χ0n) is 20.8. The van der Waals surface area contributed by atoms with Crippen molar-refractivity contribution in [3.63, 3.8) is 0 Å². The second-order valence-corrected chi connectivity index (χ2v) is 9.25. The summed E-state index contributed by atoms with van der Waals surface area (Å²) in [7, 11) is 1.38. The first-order valence-electron chi connectivity index (χ1n) is 11.4. The van der Waals surface area contributed by atoms with Crippen LogP contribution in [0.1, 0.15) is 40.7 Å². The lowest BCUT2D eigenvalue weighted by molar-refractivity contribution is -0.137. The molecule has 3 N–H and O–H groups in total. The van der Waals surface area contributed by atoms with Gasteiger partial charge in [0, 0.05) is 35.8 Å². The summed E-state index contributed by atoms with van der Waals surface area (Å²) >= 11 is 12.8. The predicted octanol–water partition coefficient (Wildman–Crippen LogP) is 7.00. The van der Waals surface area contributed by atoms with E-state index in [-0.39, 0.29) is 52.3 Å². The van der Waals surface area contributed by atoms with Gasteiger partial charge in [-0.25, -0.2) is 4.39 Å². The lowest BCUT2D eigenvalue weighted by Gasteiger charge is -2.17. The van der Waals surface area contributed by atoms with Crippen LogP contribution in [0.25, 0.3) is 0 Å². The number of carbonyl (C=O) groups is 3. The number of nitrogens with one attached hydrogen (secondary N) is 2. The fourth-order valence-electron chi connectivity index (χ4n) is 3.65. The molecule has 0 heterocycles. The maximum atomic E-state index is 13.8. The highest BCUT2D eigenvalue weighted by atomic mass is 35.5. The number of aliphatic carboxylic acids is 1. The van der Waals surface area contributed by atoms with Crippen LogP contribution in [0.3, 0.4) is 0 Å². The van der Waals surface area contributed by atoms with Crippen molar-refractivity contribution in [2.75, 3.05) is 17.7 Å². The first-order chi connectivity index (χ1) is 18.0. The van der Waals surface area contributed by atoms with E-state index >= 15 is 0 Å². The number of methoxy groups -OCH3 is 1. The highest BCUT2D eigenvalue weighted by Crippen LogP contribution is 2.41. The van der Waals surface area contributed by atoms with Crippen LogP contribution in [-0.2, 0) is 9.59 Å². The molecule has 0 spiro atoms. The molecule has 3 rings (SSSR count). The third-order valence-corrected chi connectivity index (χ3v) is 5.93. The first-order valence-corrected chi connectivity index (χ1v) is 12.2. The van der Waals surface area contributed by atoms with Gasteiger partial charge in [-0.15, -0.1) is 0 Å². The molecule has 0 saturated carbocycles. The van der Waals surface area contributed by atoms with Gasteiger partial charge in [-0.2, -0.15) is 0 Å². The van der Waals surface area contributed by atoms with Gasteiger partial charge >= 0.3 is 5.97 Å². The Bertz CT molecular complexity index is 1350. The van der Waals surface area contributed by atoms with E-state index < -0.39 is 17.7 Å². The Morgan fingerprint density at radius 2 is 1.47 bits per heavy atom. The molecule has 3 aromatic carbocycles. The summed E-state index contributed by atoms with van der Waals surface area (Å²) < 4.78 is 24.8. The Balaban J connectivity index is 1.74. The molecular formula is C27H25Cl2FN2O6. The molecule has 11 heteroatoms. The average molecular weight is 563 g/mol. The minimum absolute atomic E-state index is 0.0355. The zero-order valence-corrected chi connectivity index (χ0v) is 22.3. The van der Waals surface area contributed by atoms with Crippen molar-refractivity contribution in [1.82, 2.24) is 0 Å². The minimum atomic E-state index is -0.973. The normalized spacial score (nSPS) is 10.6. The third-order valence-electron chi connectivity index (χ3n) is 5.37. The maximum absolute atomic E-state index is 13.8. The number of halogens is 3. The molecule has 8 nitrogen and oxygen atoms in total. The Labute approximate surface area is 228 Å². The number of carbonyl (C=O) groups excluding carboxylic acids is 2. The van der Waals surface area contributed by atoms with Crippen molar-refractivity contribution in [1.29, 1.82) is 0 Å². The number of amides is 2. The van der Waals surface area contributed by atoms with Gasteiger partial charge in [0.1, 0.15) is 17.3 Å². The number of carboxylic acid groups (broad SMARTS) is 1. The summed E-state index contributed by atoms with van der Waals surface area (Å²) in [5, 5.41) is 14.4. The minimum Gasteiger partial charge on any atom is -0.497 e. The van der Waals surface area contributed by atoms with Gasteiger partial charge in [0.15, 0.2) is 5.75 Å². The van der Waals surface area contributed by atoms with Gasteiger partial charge in [-0.1, -0.05) is 23.2 Å². The van der Waals surface area contributed by atoms with Crippen LogP contribution in [0.2, 0.25) is 10.0 Å². The molecule has 0 aliphatic rings. The molecule has 2 amide bonds. The molecule has 0 bridgehead atoms. The van der Waals surface area contributed by atoms with Gasteiger partial charge in [0.25, 0.3) is 5.91 Å². The standard InChI is InChI=1S/C27H25Cl2FN2O6/c1-14-7-18(32-27(36)16-9-17(30)11-20(10-16)37-3)8-15(2)25(14)38-26-21(28)12-19(13-22(26)29)31-23(33)5-4-6-24(34)35/h7-13H,4-6H2,1-3H3,(H,31,33)(H,32,36)(H,34,35). The summed E-state index contributed by atoms with van der Waals surface area (Å²) in [5.41, 5.74) is 2.25. The van der Waals surface area contributed by atoms with Crippen LogP contribution in [0.4, 0.5) is 15.8 Å². The van der Waals surface area contributed by atoms with Crippen LogP contribution < -0.4 is 20.1 Å². The van der Waals surface area contributed by atoms with Crippen molar-refractivity contribution in [2.45, 2.75) is 33.1 Å². The molecule has 0 aliphatic carbocycles. The van der Waals surface area contributed by atoms with Crippen LogP contribution in [0.15, 0.2) is 42.5 Å². The highest BCUT2D eigenvalue weighted by Gasteiger charge is 2.17. The number of anilines is 2. The Morgan fingerprint density at radius 1 is 0.868 bits per heavy atom. The van der Waals surface area contributed by atoms with Crippen molar-refractivity contribution in [2.24, 2.45) is 0 Å². The number of rotatable bonds is 10. The van der Waals surface area contributed by atoms with Gasteiger partial charge in [-0.05, 0) is 67.8 Å². The van der Waals surface area contributed by atoms with Crippen molar-refractivity contribution >= 4 is 52.4 Å². The average Bonchev–Trinajstić information content (AvgIpc) is 2.82. The van der Waals surface area contributed by atoms with Gasteiger partial charge < -0.3 is 25.2 Å². The molecule has 0 atom stereocenters. The number of aryl methyl sites for hydroxylation is 2.